The molecule has 0 spiro atoms. The lowest BCUT2D eigenvalue weighted by atomic mass is 9.94. The molecule has 0 unspecified atom stereocenters. The van der Waals surface area contributed by atoms with E-state index in [0.717, 1.165) is 33.5 Å². The van der Waals surface area contributed by atoms with Crippen molar-refractivity contribution in [1.82, 2.24) is 4.90 Å². The van der Waals surface area contributed by atoms with E-state index < -0.39 is 0 Å². The monoisotopic (exact) mass is 399 g/mol. The average molecular weight is 400 g/mol. The summed E-state index contributed by atoms with van der Waals surface area (Å²) in [5.41, 5.74) is 4.32. The minimum Gasteiger partial charge on any atom is -0.341 e. The molecule has 3 heteroatoms. The summed E-state index contributed by atoms with van der Waals surface area (Å²) in [5, 5.41) is 0. The first-order chi connectivity index (χ1) is 12.1. The van der Waals surface area contributed by atoms with Crippen LogP contribution in [0.15, 0.2) is 77.4 Å². The largest absolute Gasteiger partial charge is 0.341 e. The van der Waals surface area contributed by atoms with E-state index >= 15 is 0 Å². The quantitative estimate of drug-likeness (QED) is 0.542. The van der Waals surface area contributed by atoms with E-state index in [-0.39, 0.29) is 5.82 Å². The average Bonchev–Trinajstić information content (AvgIpc) is 2.64. The Balaban J connectivity index is 0.00000109. The van der Waals surface area contributed by atoms with Crippen molar-refractivity contribution in [3.8, 4) is 0 Å². The Labute approximate surface area is 158 Å². The molecule has 130 valence electrons. The maximum atomic E-state index is 14.6. The molecule has 25 heavy (non-hydrogen) atoms. The lowest BCUT2D eigenvalue weighted by molar-refractivity contribution is 0.524. The Kier molecular flexibility index (Phi) is 6.77. The van der Waals surface area contributed by atoms with Gasteiger partial charge in [-0.3, -0.25) is 0 Å². The summed E-state index contributed by atoms with van der Waals surface area (Å²) in [7, 11) is 0. The van der Waals surface area contributed by atoms with Gasteiger partial charge in [0.25, 0.3) is 0 Å². The van der Waals surface area contributed by atoms with Crippen molar-refractivity contribution < 1.29 is 4.39 Å². The first-order valence-corrected chi connectivity index (χ1v) is 9.31. The van der Waals surface area contributed by atoms with Crippen molar-refractivity contribution in [2.24, 2.45) is 0 Å². The van der Waals surface area contributed by atoms with Crippen LogP contribution in [0.25, 0.3) is 11.3 Å². The Hall–Kier alpha value is -2.13. The summed E-state index contributed by atoms with van der Waals surface area (Å²) in [6.45, 7) is 10.9. The fourth-order valence-corrected chi connectivity index (χ4v) is 3.37. The third-order valence-electron chi connectivity index (χ3n) is 3.91. The fraction of sp³-hybridized carbons (Fsp3) is 0.182. The topological polar surface area (TPSA) is 3.24 Å². The first-order valence-electron chi connectivity index (χ1n) is 8.52. The van der Waals surface area contributed by atoms with Crippen LogP contribution in [-0.2, 0) is 0 Å². The number of allylic oxidation sites excluding steroid dienone is 3. The van der Waals surface area contributed by atoms with Gasteiger partial charge in [0.1, 0.15) is 5.82 Å². The standard InChI is InChI=1S/C20H17BrFN.C2H6/c1-3-23-14(2)12-13-16(15-8-5-4-6-9-15)20(23)19-17(21)10-7-11-18(19)22;1-2/h4-13H,2-3H2,1H3;1-2H3. The van der Waals surface area contributed by atoms with Crippen molar-refractivity contribution in [2.75, 3.05) is 6.54 Å². The molecule has 0 aromatic heterocycles. The second kappa shape index (κ2) is 8.82. The number of hydrogen-bond donors (Lipinski definition) is 0. The summed E-state index contributed by atoms with van der Waals surface area (Å²) in [5.74, 6) is -0.246. The number of hydrogen-bond acceptors (Lipinski definition) is 1. The highest BCUT2D eigenvalue weighted by Crippen LogP contribution is 2.39. The fourth-order valence-electron chi connectivity index (χ4n) is 2.84. The van der Waals surface area contributed by atoms with Gasteiger partial charge >= 0.3 is 0 Å². The van der Waals surface area contributed by atoms with E-state index in [9.17, 15) is 4.39 Å². The maximum absolute atomic E-state index is 14.6. The molecule has 0 atom stereocenters. The molecule has 1 aliphatic heterocycles. The SMILES string of the molecule is C=C1C=CC(c2ccccc2)=C(c2c(F)cccc2Br)N1CC.CC. The van der Waals surface area contributed by atoms with Crippen molar-refractivity contribution in [3.63, 3.8) is 0 Å². The Morgan fingerprint density at radius 1 is 1.00 bits per heavy atom. The van der Waals surface area contributed by atoms with Gasteiger partial charge in [0.05, 0.1) is 5.70 Å². The molecule has 2 aromatic carbocycles. The van der Waals surface area contributed by atoms with Gasteiger partial charge in [0, 0.05) is 27.9 Å². The molecular weight excluding hydrogens is 377 g/mol. The molecular formula is C22H23BrFN. The molecule has 3 rings (SSSR count). The molecule has 0 aliphatic carbocycles. The Morgan fingerprint density at radius 2 is 1.68 bits per heavy atom. The number of benzene rings is 2. The molecule has 2 aromatic rings. The molecule has 0 N–H and O–H groups in total. The van der Waals surface area contributed by atoms with Gasteiger partial charge in [-0.15, -0.1) is 0 Å². The van der Waals surface area contributed by atoms with Crippen molar-refractivity contribution >= 4 is 27.2 Å². The highest BCUT2D eigenvalue weighted by atomic mass is 79.9. The normalized spacial score (nSPS) is 13.6. The van der Waals surface area contributed by atoms with Gasteiger partial charge in [-0.25, -0.2) is 4.39 Å². The summed E-state index contributed by atoms with van der Waals surface area (Å²) in [6, 6.07) is 15.1. The van der Waals surface area contributed by atoms with E-state index in [1.54, 1.807) is 6.07 Å². The number of likely N-dealkylation sites (N-methyl/N-ethyl adjacent to an activating group) is 1. The lowest BCUT2D eigenvalue weighted by Gasteiger charge is -2.32. The van der Waals surface area contributed by atoms with Crippen molar-refractivity contribution in [3.05, 3.63) is 94.4 Å². The first kappa shape index (κ1) is 19.2. The van der Waals surface area contributed by atoms with E-state index in [1.807, 2.05) is 74.2 Å². The van der Waals surface area contributed by atoms with Crippen LogP contribution < -0.4 is 0 Å². The molecule has 0 fully saturated rings. The molecule has 0 amide bonds. The molecule has 0 radical (unpaired) electrons. The maximum Gasteiger partial charge on any atom is 0.133 e. The van der Waals surface area contributed by atoms with Crippen molar-refractivity contribution in [2.45, 2.75) is 20.8 Å². The van der Waals surface area contributed by atoms with Crippen LogP contribution in [0.2, 0.25) is 0 Å². The highest BCUT2D eigenvalue weighted by Gasteiger charge is 2.24. The van der Waals surface area contributed by atoms with Gasteiger partial charge in [-0.2, -0.15) is 0 Å². The lowest BCUT2D eigenvalue weighted by Crippen LogP contribution is -2.24. The van der Waals surface area contributed by atoms with Crippen LogP contribution in [0.3, 0.4) is 0 Å². The zero-order chi connectivity index (χ0) is 18.4. The van der Waals surface area contributed by atoms with E-state index in [4.69, 9.17) is 0 Å². The zero-order valence-corrected chi connectivity index (χ0v) is 16.5. The van der Waals surface area contributed by atoms with Crippen LogP contribution in [0.5, 0.6) is 0 Å². The molecule has 1 nitrogen and oxygen atoms in total. The van der Waals surface area contributed by atoms with Crippen LogP contribution in [-0.4, -0.2) is 11.4 Å². The second-order valence-electron chi connectivity index (χ2n) is 5.29. The smallest absolute Gasteiger partial charge is 0.133 e. The summed E-state index contributed by atoms with van der Waals surface area (Å²) in [6.07, 6.45) is 3.99. The summed E-state index contributed by atoms with van der Waals surface area (Å²) >= 11 is 3.50. The Morgan fingerprint density at radius 3 is 2.28 bits per heavy atom. The Bertz CT molecular complexity index is 786. The summed E-state index contributed by atoms with van der Waals surface area (Å²) < 4.78 is 15.4. The third-order valence-corrected chi connectivity index (χ3v) is 4.58. The second-order valence-corrected chi connectivity index (χ2v) is 6.15. The van der Waals surface area contributed by atoms with Gasteiger partial charge in [-0.05, 0) is 46.6 Å². The molecule has 0 saturated carbocycles. The minimum absolute atomic E-state index is 0.246. The molecule has 0 bridgehead atoms. The van der Waals surface area contributed by atoms with E-state index in [0.29, 0.717) is 5.56 Å². The van der Waals surface area contributed by atoms with Gasteiger partial charge < -0.3 is 4.90 Å². The van der Waals surface area contributed by atoms with Gasteiger partial charge in [-0.1, -0.05) is 62.9 Å². The van der Waals surface area contributed by atoms with Crippen LogP contribution in [0, 0.1) is 5.82 Å². The van der Waals surface area contributed by atoms with Crippen LogP contribution in [0.1, 0.15) is 31.9 Å². The number of nitrogens with zero attached hydrogens (tertiary/aromatic N) is 1. The molecule has 0 saturated heterocycles. The molecule has 1 heterocycles. The van der Waals surface area contributed by atoms with Gasteiger partial charge in [0.15, 0.2) is 0 Å². The van der Waals surface area contributed by atoms with Gasteiger partial charge in [0.2, 0.25) is 0 Å². The number of halogens is 2. The van der Waals surface area contributed by atoms with Crippen molar-refractivity contribution in [1.29, 1.82) is 0 Å². The van der Waals surface area contributed by atoms with Crippen LogP contribution in [0.4, 0.5) is 4.39 Å². The number of rotatable bonds is 3. The predicted molar refractivity (Wildman–Crippen MR) is 109 cm³/mol. The van der Waals surface area contributed by atoms with E-state index in [1.165, 1.54) is 6.07 Å². The minimum atomic E-state index is -0.246. The predicted octanol–water partition coefficient (Wildman–Crippen LogP) is 6.89. The highest BCUT2D eigenvalue weighted by molar-refractivity contribution is 9.10. The van der Waals surface area contributed by atoms with E-state index in [2.05, 4.69) is 22.5 Å². The third kappa shape index (κ3) is 3.93. The van der Waals surface area contributed by atoms with Crippen LogP contribution >= 0.6 is 15.9 Å². The zero-order valence-electron chi connectivity index (χ0n) is 14.9. The molecule has 1 aliphatic rings. The summed E-state index contributed by atoms with van der Waals surface area (Å²) in [4.78, 5) is 2.05.